The molecule has 0 N–H and O–H groups in total. The Balaban J connectivity index is 1.78. The highest BCUT2D eigenvalue weighted by molar-refractivity contribution is 5.90. The van der Waals surface area contributed by atoms with Gasteiger partial charge in [0.2, 0.25) is 0 Å². The first-order valence-electron chi connectivity index (χ1n) is 8.98. The topological polar surface area (TPSA) is 0 Å². The minimum Gasteiger partial charge on any atom is -0.203 e. The molecule has 0 fully saturated rings. The lowest BCUT2D eigenvalue weighted by Crippen LogP contribution is -2.24. The van der Waals surface area contributed by atoms with E-state index in [4.69, 9.17) is 0 Å². The predicted octanol–water partition coefficient (Wildman–Crippen LogP) is 6.60. The van der Waals surface area contributed by atoms with E-state index in [1.54, 1.807) is 0 Å². The fourth-order valence-electron chi connectivity index (χ4n) is 4.31. The van der Waals surface area contributed by atoms with Gasteiger partial charge in [-0.2, -0.15) is 0 Å². The molecule has 0 heterocycles. The van der Waals surface area contributed by atoms with E-state index < -0.39 is 35.1 Å². The molecule has 0 aliphatic heterocycles. The summed E-state index contributed by atoms with van der Waals surface area (Å²) in [6.45, 7) is 0. The average molecular weight is 378 g/mol. The Morgan fingerprint density at radius 1 is 0.464 bits per heavy atom. The minimum absolute atomic E-state index is 0.109. The van der Waals surface area contributed by atoms with Gasteiger partial charge in [0.15, 0.2) is 23.3 Å². The monoisotopic (exact) mass is 378 g/mol. The maximum Gasteiger partial charge on any atom is 0.197 e. The first kappa shape index (κ1) is 17.0. The van der Waals surface area contributed by atoms with Crippen molar-refractivity contribution in [2.24, 2.45) is 0 Å². The number of allylic oxidation sites excluding steroid dienone is 4. The molecule has 0 spiro atoms. The molecule has 0 amide bonds. The molecule has 0 saturated heterocycles. The molecule has 0 nitrogen and oxygen atoms in total. The largest absolute Gasteiger partial charge is 0.203 e. The minimum atomic E-state index is -1.76. The highest BCUT2D eigenvalue weighted by atomic mass is 19.2. The van der Waals surface area contributed by atoms with Crippen LogP contribution in [0.4, 0.5) is 17.6 Å². The summed E-state index contributed by atoms with van der Waals surface area (Å²) in [5, 5.41) is 0. The average Bonchev–Trinajstić information content (AvgIpc) is 2.76. The lowest BCUT2D eigenvalue weighted by atomic mass is 9.65. The summed E-state index contributed by atoms with van der Waals surface area (Å²) in [6.07, 6.45) is 3.68. The van der Waals surface area contributed by atoms with E-state index in [0.717, 1.165) is 22.3 Å². The Bertz CT molecular complexity index is 1050. The van der Waals surface area contributed by atoms with Crippen LogP contribution in [0.1, 0.15) is 34.1 Å². The normalized spacial score (nSPS) is 19.9. The van der Waals surface area contributed by atoms with Crippen molar-refractivity contribution in [2.75, 3.05) is 0 Å². The fraction of sp³-hybridized carbons (Fsp3) is 0.0833. The van der Waals surface area contributed by atoms with Gasteiger partial charge < -0.3 is 0 Å². The van der Waals surface area contributed by atoms with Crippen LogP contribution in [0.5, 0.6) is 0 Å². The molecule has 138 valence electrons. The quantitative estimate of drug-likeness (QED) is 0.268. The van der Waals surface area contributed by atoms with Gasteiger partial charge in [0.1, 0.15) is 0 Å². The number of halogens is 4. The molecule has 0 unspecified atom stereocenters. The van der Waals surface area contributed by atoms with E-state index in [1.165, 1.54) is 0 Å². The molecular formula is C24H14F4. The van der Waals surface area contributed by atoms with Crippen molar-refractivity contribution in [1.82, 2.24) is 0 Å². The van der Waals surface area contributed by atoms with Gasteiger partial charge >= 0.3 is 0 Å². The fourth-order valence-corrected chi connectivity index (χ4v) is 4.31. The zero-order valence-electron chi connectivity index (χ0n) is 14.6. The van der Waals surface area contributed by atoms with Crippen LogP contribution in [-0.2, 0) is 0 Å². The first-order valence-corrected chi connectivity index (χ1v) is 8.98. The highest BCUT2D eigenvalue weighted by Crippen LogP contribution is 2.55. The summed E-state index contributed by atoms with van der Waals surface area (Å²) < 4.78 is 57.6. The van der Waals surface area contributed by atoms with Crippen molar-refractivity contribution in [2.45, 2.75) is 11.8 Å². The summed E-state index contributed by atoms with van der Waals surface area (Å²) in [5.74, 6) is -7.52. The summed E-state index contributed by atoms with van der Waals surface area (Å²) >= 11 is 0. The van der Waals surface area contributed by atoms with Crippen LogP contribution in [0.2, 0.25) is 0 Å². The molecule has 0 aromatic heterocycles. The zero-order valence-corrected chi connectivity index (χ0v) is 14.6. The first-order chi connectivity index (χ1) is 13.6. The number of hydrogen-bond acceptors (Lipinski definition) is 0. The second-order valence-corrected chi connectivity index (χ2v) is 7.01. The maximum absolute atomic E-state index is 14.8. The Kier molecular flexibility index (Phi) is 3.76. The molecule has 3 aromatic rings. The number of rotatable bonds is 2. The van der Waals surface area contributed by atoms with Crippen LogP contribution in [0.25, 0.3) is 11.1 Å². The van der Waals surface area contributed by atoms with E-state index in [1.807, 2.05) is 72.8 Å². The van der Waals surface area contributed by atoms with Gasteiger partial charge in [0.05, 0.1) is 0 Å². The Morgan fingerprint density at radius 2 is 0.821 bits per heavy atom. The van der Waals surface area contributed by atoms with Crippen LogP contribution in [-0.4, -0.2) is 0 Å². The van der Waals surface area contributed by atoms with E-state index in [2.05, 4.69) is 0 Å². The van der Waals surface area contributed by atoms with Crippen LogP contribution in [0, 0.1) is 23.3 Å². The third kappa shape index (κ3) is 2.30. The van der Waals surface area contributed by atoms with Crippen LogP contribution < -0.4 is 0 Å². The van der Waals surface area contributed by atoms with Gasteiger partial charge in [0.25, 0.3) is 0 Å². The molecule has 2 bridgehead atoms. The lowest BCUT2D eigenvalue weighted by molar-refractivity contribution is 0.396. The summed E-state index contributed by atoms with van der Waals surface area (Å²) in [7, 11) is 0. The summed E-state index contributed by atoms with van der Waals surface area (Å²) in [6, 6.07) is 18.6. The molecule has 3 aliphatic carbocycles. The third-order valence-electron chi connectivity index (χ3n) is 5.54. The van der Waals surface area contributed by atoms with Gasteiger partial charge in [0, 0.05) is 23.0 Å². The molecule has 0 saturated carbocycles. The third-order valence-corrected chi connectivity index (χ3v) is 5.54. The number of benzene rings is 3. The van der Waals surface area contributed by atoms with Crippen molar-refractivity contribution in [3.63, 3.8) is 0 Å². The maximum atomic E-state index is 14.8. The molecule has 28 heavy (non-hydrogen) atoms. The Hall–Kier alpha value is -3.14. The zero-order chi connectivity index (χ0) is 19.4. The van der Waals surface area contributed by atoms with E-state index in [0.29, 0.717) is 0 Å². The van der Waals surface area contributed by atoms with Crippen molar-refractivity contribution in [3.8, 4) is 0 Å². The standard InChI is InChI=1S/C24H14F4/c25-21-19-17-12-16(14-9-5-2-6-10-14)18(20(19)22(26)24(28)23(21)27)11-15(17)13-7-3-1-4-8-13/h1-12,17-18H/t17-,18-/m1/s1. The van der Waals surface area contributed by atoms with Crippen molar-refractivity contribution in [1.29, 1.82) is 0 Å². The smallest absolute Gasteiger partial charge is 0.197 e. The van der Waals surface area contributed by atoms with Crippen LogP contribution in [0.3, 0.4) is 0 Å². The van der Waals surface area contributed by atoms with Gasteiger partial charge in [-0.25, -0.2) is 17.6 Å². The number of hydrogen-bond donors (Lipinski definition) is 0. The van der Waals surface area contributed by atoms with Crippen LogP contribution in [0.15, 0.2) is 72.8 Å². The van der Waals surface area contributed by atoms with E-state index >= 15 is 0 Å². The molecule has 3 aromatic carbocycles. The van der Waals surface area contributed by atoms with Gasteiger partial charge in [-0.3, -0.25) is 0 Å². The second-order valence-electron chi connectivity index (χ2n) is 7.01. The molecular weight excluding hydrogens is 364 g/mol. The molecule has 4 heteroatoms. The highest BCUT2D eigenvalue weighted by Gasteiger charge is 2.42. The van der Waals surface area contributed by atoms with E-state index in [-0.39, 0.29) is 11.1 Å². The molecule has 0 radical (unpaired) electrons. The summed E-state index contributed by atoms with van der Waals surface area (Å²) in [5.41, 5.74) is 3.00. The van der Waals surface area contributed by atoms with Gasteiger partial charge in [-0.05, 0) is 22.3 Å². The molecule has 6 rings (SSSR count). The van der Waals surface area contributed by atoms with Gasteiger partial charge in [-0.15, -0.1) is 0 Å². The lowest BCUT2D eigenvalue weighted by Gasteiger charge is -2.38. The Labute approximate surface area is 159 Å². The van der Waals surface area contributed by atoms with Crippen molar-refractivity contribution < 1.29 is 17.6 Å². The van der Waals surface area contributed by atoms with Crippen LogP contribution >= 0.6 is 0 Å². The van der Waals surface area contributed by atoms with E-state index in [9.17, 15) is 17.6 Å². The SMILES string of the molecule is Fc1c(F)c(F)c2c(c1F)[C@@H]1C=C(c3ccccc3)[C@H]2C=C1c1ccccc1. The Morgan fingerprint density at radius 3 is 1.18 bits per heavy atom. The summed E-state index contributed by atoms with van der Waals surface area (Å²) in [4.78, 5) is 0. The molecule has 2 atom stereocenters. The molecule has 3 aliphatic rings. The van der Waals surface area contributed by atoms with Crippen molar-refractivity contribution >= 4 is 11.1 Å². The second kappa shape index (κ2) is 6.20. The predicted molar refractivity (Wildman–Crippen MR) is 101 cm³/mol. The van der Waals surface area contributed by atoms with Gasteiger partial charge in [-0.1, -0.05) is 72.8 Å². The van der Waals surface area contributed by atoms with Crippen molar-refractivity contribution in [3.05, 3.63) is 118 Å².